The molecule has 1 N–H and O–H groups in total. The fourth-order valence-electron chi connectivity index (χ4n) is 2.48. The van der Waals surface area contributed by atoms with E-state index in [4.69, 9.17) is 16.3 Å². The highest BCUT2D eigenvalue weighted by molar-refractivity contribution is 7.16. The highest BCUT2D eigenvalue weighted by atomic mass is 35.5. The van der Waals surface area contributed by atoms with E-state index in [-0.39, 0.29) is 5.97 Å². The summed E-state index contributed by atoms with van der Waals surface area (Å²) in [5, 5.41) is 2.21. The second kappa shape index (κ2) is 6.79. The lowest BCUT2D eigenvalue weighted by Crippen LogP contribution is -2.05. The molecule has 0 amide bonds. The van der Waals surface area contributed by atoms with Gasteiger partial charge in [0.15, 0.2) is 0 Å². The van der Waals surface area contributed by atoms with Gasteiger partial charge >= 0.3 is 5.97 Å². The van der Waals surface area contributed by atoms with Crippen molar-refractivity contribution in [3.8, 4) is 0 Å². The molecule has 124 valence electrons. The first-order chi connectivity index (χ1) is 11.5. The van der Waals surface area contributed by atoms with Crippen LogP contribution in [0.15, 0.2) is 29.3 Å². The summed E-state index contributed by atoms with van der Waals surface area (Å²) in [6.07, 6.45) is 1.66. The summed E-state index contributed by atoms with van der Waals surface area (Å²) in [4.78, 5) is 21.0. The Morgan fingerprint density at radius 3 is 2.83 bits per heavy atom. The first-order valence-corrected chi connectivity index (χ1v) is 8.79. The van der Waals surface area contributed by atoms with Gasteiger partial charge in [-0.1, -0.05) is 29.8 Å². The molecule has 0 aliphatic carbocycles. The van der Waals surface area contributed by atoms with E-state index in [0.29, 0.717) is 22.2 Å². The first-order valence-electron chi connectivity index (χ1n) is 7.60. The van der Waals surface area contributed by atoms with Crippen LogP contribution in [0.1, 0.15) is 33.4 Å². The maximum Gasteiger partial charge on any atom is 0.341 e. The molecule has 0 fully saturated rings. The minimum Gasteiger partial charge on any atom is -0.462 e. The number of aliphatic imine (C=N–C) groups is 1. The molecule has 0 unspecified atom stereocenters. The molecule has 6 heteroatoms. The van der Waals surface area contributed by atoms with Crippen molar-refractivity contribution in [1.29, 1.82) is 0 Å². The number of aryl methyl sites for hydroxylation is 1. The van der Waals surface area contributed by atoms with E-state index in [2.05, 4.69) is 9.98 Å². The van der Waals surface area contributed by atoms with E-state index >= 15 is 0 Å². The van der Waals surface area contributed by atoms with Crippen molar-refractivity contribution in [2.24, 2.45) is 4.99 Å². The van der Waals surface area contributed by atoms with Gasteiger partial charge in [0.2, 0.25) is 0 Å². The molecule has 2 heterocycles. The lowest BCUT2D eigenvalue weighted by molar-refractivity contribution is 0.0527. The minimum atomic E-state index is -0.339. The van der Waals surface area contributed by atoms with Crippen molar-refractivity contribution < 1.29 is 9.53 Å². The van der Waals surface area contributed by atoms with Crippen LogP contribution in [0.4, 0.5) is 5.00 Å². The number of aromatic amines is 1. The molecule has 0 bridgehead atoms. The normalized spacial score (nSPS) is 11.5. The number of hydrogen-bond acceptors (Lipinski definition) is 4. The summed E-state index contributed by atoms with van der Waals surface area (Å²) in [6.45, 7) is 6.01. The molecule has 0 aliphatic rings. The summed E-state index contributed by atoms with van der Waals surface area (Å²) < 4.78 is 5.15. The van der Waals surface area contributed by atoms with Gasteiger partial charge in [-0.05, 0) is 32.4 Å². The van der Waals surface area contributed by atoms with Crippen LogP contribution in [0.2, 0.25) is 5.02 Å². The molecule has 0 atom stereocenters. The largest absolute Gasteiger partial charge is 0.462 e. The van der Waals surface area contributed by atoms with Crippen molar-refractivity contribution in [3.05, 3.63) is 51.0 Å². The fraction of sp³-hybridized carbons (Fsp3) is 0.222. The fourth-order valence-corrected chi connectivity index (χ4v) is 3.73. The Morgan fingerprint density at radius 1 is 1.38 bits per heavy atom. The molecule has 3 rings (SSSR count). The zero-order valence-corrected chi connectivity index (χ0v) is 15.2. The number of thiophene rings is 1. The molecule has 1 aromatic carbocycles. The van der Waals surface area contributed by atoms with Gasteiger partial charge in [-0.15, -0.1) is 11.3 Å². The second-order valence-electron chi connectivity index (χ2n) is 5.34. The number of hydrogen-bond donors (Lipinski definition) is 1. The Bertz CT molecular complexity index is 940. The average molecular weight is 361 g/mol. The highest BCUT2D eigenvalue weighted by Crippen LogP contribution is 2.35. The summed E-state index contributed by atoms with van der Waals surface area (Å²) in [5.74, 6) is -0.339. The number of aromatic nitrogens is 1. The van der Waals surface area contributed by atoms with E-state index in [1.165, 1.54) is 11.3 Å². The van der Waals surface area contributed by atoms with Crippen molar-refractivity contribution >= 4 is 51.0 Å². The van der Waals surface area contributed by atoms with Gasteiger partial charge in [0.05, 0.1) is 29.1 Å². The molecule has 3 aromatic rings. The van der Waals surface area contributed by atoms with Crippen LogP contribution >= 0.6 is 22.9 Å². The summed E-state index contributed by atoms with van der Waals surface area (Å²) in [6, 6.07) is 7.80. The number of rotatable bonds is 4. The van der Waals surface area contributed by atoms with Crippen LogP contribution in [0.25, 0.3) is 10.9 Å². The quantitative estimate of drug-likeness (QED) is 0.498. The molecule has 0 radical (unpaired) electrons. The molecule has 0 aliphatic heterocycles. The van der Waals surface area contributed by atoms with Crippen LogP contribution < -0.4 is 0 Å². The minimum absolute atomic E-state index is 0.337. The third kappa shape index (κ3) is 2.97. The molecule has 0 saturated heterocycles. The molecule has 0 saturated carbocycles. The maximum atomic E-state index is 12.2. The van der Waals surface area contributed by atoms with E-state index in [9.17, 15) is 4.79 Å². The molecule has 2 aromatic heterocycles. The van der Waals surface area contributed by atoms with Crippen molar-refractivity contribution in [1.82, 2.24) is 4.98 Å². The van der Waals surface area contributed by atoms with E-state index in [0.717, 1.165) is 27.0 Å². The standard InChI is InChI=1S/C18H17ClN2O2S/c1-4-23-18(22)15-10(2)11(3)24-17(15)20-9-14-16(19)12-7-5-6-8-13(12)21-14/h5-9,21H,4H2,1-3H3/b20-9+. The van der Waals surface area contributed by atoms with Crippen LogP contribution in [0.5, 0.6) is 0 Å². The van der Waals surface area contributed by atoms with Crippen molar-refractivity contribution in [3.63, 3.8) is 0 Å². The maximum absolute atomic E-state index is 12.2. The van der Waals surface area contributed by atoms with Gasteiger partial charge in [0.1, 0.15) is 5.00 Å². The number of fused-ring (bicyclic) bond motifs is 1. The van der Waals surface area contributed by atoms with Crippen molar-refractivity contribution in [2.45, 2.75) is 20.8 Å². The van der Waals surface area contributed by atoms with E-state index in [1.807, 2.05) is 38.1 Å². The monoisotopic (exact) mass is 360 g/mol. The Labute approximate surface area is 149 Å². The topological polar surface area (TPSA) is 54.4 Å². The third-order valence-corrected chi connectivity index (χ3v) is 5.35. The van der Waals surface area contributed by atoms with E-state index in [1.54, 1.807) is 13.1 Å². The lowest BCUT2D eigenvalue weighted by atomic mass is 10.1. The van der Waals surface area contributed by atoms with Crippen molar-refractivity contribution in [2.75, 3.05) is 6.61 Å². The van der Waals surface area contributed by atoms with Crippen LogP contribution in [0, 0.1) is 13.8 Å². The predicted octanol–water partition coefficient (Wildman–Crippen LogP) is 5.43. The number of H-pyrrole nitrogens is 1. The van der Waals surface area contributed by atoms with Crippen LogP contribution in [0.3, 0.4) is 0 Å². The number of para-hydroxylation sites is 1. The smallest absolute Gasteiger partial charge is 0.341 e. The van der Waals surface area contributed by atoms with Gasteiger partial charge in [-0.3, -0.25) is 0 Å². The van der Waals surface area contributed by atoms with Crippen LogP contribution in [-0.4, -0.2) is 23.8 Å². The highest BCUT2D eigenvalue weighted by Gasteiger charge is 2.20. The molecule has 0 spiro atoms. The predicted molar refractivity (Wildman–Crippen MR) is 100 cm³/mol. The Morgan fingerprint density at radius 2 is 2.12 bits per heavy atom. The number of nitrogens with zero attached hydrogens (tertiary/aromatic N) is 1. The lowest BCUT2D eigenvalue weighted by Gasteiger charge is -2.02. The molecule has 24 heavy (non-hydrogen) atoms. The van der Waals surface area contributed by atoms with Gasteiger partial charge in [0.25, 0.3) is 0 Å². The average Bonchev–Trinajstić information content (AvgIpc) is 3.03. The van der Waals surface area contributed by atoms with Crippen LogP contribution in [-0.2, 0) is 4.74 Å². The number of ether oxygens (including phenoxy) is 1. The summed E-state index contributed by atoms with van der Waals surface area (Å²) >= 11 is 7.87. The van der Waals surface area contributed by atoms with Gasteiger partial charge in [-0.25, -0.2) is 9.79 Å². The van der Waals surface area contributed by atoms with Gasteiger partial charge in [0, 0.05) is 15.8 Å². The number of benzene rings is 1. The number of carbonyl (C=O) groups excluding carboxylic acids is 1. The number of esters is 1. The zero-order valence-electron chi connectivity index (χ0n) is 13.6. The van der Waals surface area contributed by atoms with E-state index < -0.39 is 0 Å². The molecular weight excluding hydrogens is 344 g/mol. The summed E-state index contributed by atoms with van der Waals surface area (Å²) in [5.41, 5.74) is 3.11. The number of carbonyl (C=O) groups is 1. The number of halogens is 1. The number of nitrogens with one attached hydrogen (secondary N) is 1. The third-order valence-electron chi connectivity index (χ3n) is 3.83. The SMILES string of the molecule is CCOC(=O)c1c(/N=C/c2[nH]c3ccccc3c2Cl)sc(C)c1C. The van der Waals surface area contributed by atoms with Gasteiger partial charge < -0.3 is 9.72 Å². The summed E-state index contributed by atoms with van der Waals surface area (Å²) in [7, 11) is 0. The molecular formula is C18H17ClN2O2S. The Kier molecular flexibility index (Phi) is 4.73. The zero-order chi connectivity index (χ0) is 17.3. The Balaban J connectivity index is 2.01. The molecule has 4 nitrogen and oxygen atoms in total. The first kappa shape index (κ1) is 16.7. The van der Waals surface area contributed by atoms with Gasteiger partial charge in [-0.2, -0.15) is 0 Å². The Hall–Kier alpha value is -2.11. The second-order valence-corrected chi connectivity index (χ2v) is 6.92.